The Labute approximate surface area is 138 Å². The van der Waals surface area contributed by atoms with Gasteiger partial charge in [0.25, 0.3) is 5.91 Å². The van der Waals surface area contributed by atoms with Gasteiger partial charge in [-0.05, 0) is 24.0 Å². The summed E-state index contributed by atoms with van der Waals surface area (Å²) in [7, 11) is 0. The highest BCUT2D eigenvalue weighted by atomic mass is 32.2. The molecule has 116 valence electrons. The van der Waals surface area contributed by atoms with E-state index in [0.717, 1.165) is 22.0 Å². The maximum Gasteiger partial charge on any atom is 0.273 e. The Morgan fingerprint density at radius 3 is 2.74 bits per heavy atom. The molecule has 0 saturated carbocycles. The van der Waals surface area contributed by atoms with Gasteiger partial charge in [-0.25, -0.2) is 4.98 Å². The number of pyridine rings is 1. The standard InChI is InChI=1S/C17H16N4OS/c1-2-23-16-9-8-13(11-18-16)19-17(22)15-10-14(20-21-15)12-6-4-3-5-7-12/h3-11H,2H2,1H3,(H,19,22)(H,20,21). The molecule has 2 aromatic heterocycles. The average Bonchev–Trinajstić information content (AvgIpc) is 3.08. The fourth-order valence-corrected chi connectivity index (χ4v) is 2.67. The predicted molar refractivity (Wildman–Crippen MR) is 92.6 cm³/mol. The minimum Gasteiger partial charge on any atom is -0.319 e. The molecule has 0 saturated heterocycles. The number of aromatic amines is 1. The van der Waals surface area contributed by atoms with Crippen molar-refractivity contribution in [2.45, 2.75) is 11.9 Å². The van der Waals surface area contributed by atoms with Crippen LogP contribution in [0.15, 0.2) is 59.8 Å². The number of anilines is 1. The number of H-pyrrole nitrogens is 1. The first-order chi connectivity index (χ1) is 11.3. The van der Waals surface area contributed by atoms with E-state index in [4.69, 9.17) is 0 Å². The lowest BCUT2D eigenvalue weighted by atomic mass is 10.1. The van der Waals surface area contributed by atoms with Gasteiger partial charge in [0.05, 0.1) is 22.6 Å². The lowest BCUT2D eigenvalue weighted by molar-refractivity contribution is 0.102. The summed E-state index contributed by atoms with van der Waals surface area (Å²) in [6, 6.07) is 15.2. The summed E-state index contributed by atoms with van der Waals surface area (Å²) < 4.78 is 0. The Kier molecular flexibility index (Phi) is 4.73. The number of hydrogen-bond donors (Lipinski definition) is 2. The maximum atomic E-state index is 12.3. The van der Waals surface area contributed by atoms with Crippen LogP contribution in [0.5, 0.6) is 0 Å². The number of carbonyl (C=O) groups is 1. The second kappa shape index (κ2) is 7.11. The third kappa shape index (κ3) is 3.78. The van der Waals surface area contributed by atoms with Gasteiger partial charge in [0, 0.05) is 5.56 Å². The van der Waals surface area contributed by atoms with Crippen molar-refractivity contribution in [2.24, 2.45) is 0 Å². The first-order valence-electron chi connectivity index (χ1n) is 7.27. The molecular formula is C17H16N4OS. The van der Waals surface area contributed by atoms with E-state index in [0.29, 0.717) is 11.4 Å². The number of carbonyl (C=O) groups excluding carboxylic acids is 1. The van der Waals surface area contributed by atoms with Gasteiger partial charge in [-0.3, -0.25) is 9.89 Å². The molecule has 0 atom stereocenters. The number of amides is 1. The van der Waals surface area contributed by atoms with Crippen molar-refractivity contribution in [3.05, 3.63) is 60.4 Å². The van der Waals surface area contributed by atoms with E-state index in [9.17, 15) is 4.79 Å². The van der Waals surface area contributed by atoms with E-state index >= 15 is 0 Å². The van der Waals surface area contributed by atoms with Crippen LogP contribution in [0.25, 0.3) is 11.3 Å². The molecule has 1 aromatic carbocycles. The molecule has 2 heterocycles. The number of rotatable bonds is 5. The minimum absolute atomic E-state index is 0.239. The van der Waals surface area contributed by atoms with Gasteiger partial charge in [0.2, 0.25) is 0 Å². The fraction of sp³-hybridized carbons (Fsp3) is 0.118. The summed E-state index contributed by atoms with van der Waals surface area (Å²) in [5.74, 6) is 0.729. The summed E-state index contributed by atoms with van der Waals surface area (Å²) >= 11 is 1.66. The van der Waals surface area contributed by atoms with Crippen LogP contribution in [0, 0.1) is 0 Å². The van der Waals surface area contributed by atoms with E-state index in [-0.39, 0.29) is 5.91 Å². The second-order valence-corrected chi connectivity index (χ2v) is 6.09. The highest BCUT2D eigenvalue weighted by Gasteiger charge is 2.11. The average molecular weight is 324 g/mol. The zero-order valence-corrected chi connectivity index (χ0v) is 13.4. The molecule has 0 aliphatic heterocycles. The van der Waals surface area contributed by atoms with Crippen LogP contribution in [-0.2, 0) is 0 Å². The lowest BCUT2D eigenvalue weighted by Crippen LogP contribution is -2.12. The van der Waals surface area contributed by atoms with Crippen molar-refractivity contribution in [1.82, 2.24) is 15.2 Å². The largest absolute Gasteiger partial charge is 0.319 e. The third-order valence-corrected chi connectivity index (χ3v) is 4.00. The molecule has 0 bridgehead atoms. The quantitative estimate of drug-likeness (QED) is 0.700. The van der Waals surface area contributed by atoms with Gasteiger partial charge in [-0.1, -0.05) is 37.3 Å². The van der Waals surface area contributed by atoms with Gasteiger partial charge >= 0.3 is 0 Å². The van der Waals surface area contributed by atoms with Gasteiger partial charge < -0.3 is 5.32 Å². The van der Waals surface area contributed by atoms with Crippen LogP contribution in [0.4, 0.5) is 5.69 Å². The highest BCUT2D eigenvalue weighted by molar-refractivity contribution is 7.99. The molecular weight excluding hydrogens is 308 g/mol. The predicted octanol–water partition coefficient (Wildman–Crippen LogP) is 3.84. The Morgan fingerprint density at radius 1 is 1.22 bits per heavy atom. The molecule has 6 heteroatoms. The Bertz CT molecular complexity index is 784. The summed E-state index contributed by atoms with van der Waals surface area (Å²) in [4.78, 5) is 16.5. The van der Waals surface area contributed by atoms with E-state index in [1.807, 2.05) is 42.5 Å². The molecule has 0 aliphatic carbocycles. The first-order valence-corrected chi connectivity index (χ1v) is 8.26. The van der Waals surface area contributed by atoms with E-state index in [1.54, 1.807) is 24.0 Å². The number of hydrogen-bond acceptors (Lipinski definition) is 4. The summed E-state index contributed by atoms with van der Waals surface area (Å²) in [6.07, 6.45) is 1.66. The third-order valence-electron chi connectivity index (χ3n) is 3.18. The van der Waals surface area contributed by atoms with Crippen LogP contribution in [0.2, 0.25) is 0 Å². The van der Waals surface area contributed by atoms with Crippen molar-refractivity contribution in [1.29, 1.82) is 0 Å². The van der Waals surface area contributed by atoms with Gasteiger partial charge in [-0.2, -0.15) is 5.10 Å². The number of nitrogens with zero attached hydrogens (tertiary/aromatic N) is 2. The number of aromatic nitrogens is 3. The molecule has 0 fully saturated rings. The maximum absolute atomic E-state index is 12.3. The smallest absolute Gasteiger partial charge is 0.273 e. The molecule has 0 aliphatic rings. The van der Waals surface area contributed by atoms with E-state index in [2.05, 4.69) is 27.4 Å². The molecule has 23 heavy (non-hydrogen) atoms. The van der Waals surface area contributed by atoms with E-state index < -0.39 is 0 Å². The van der Waals surface area contributed by atoms with Crippen molar-refractivity contribution in [3.63, 3.8) is 0 Å². The van der Waals surface area contributed by atoms with Crippen LogP contribution in [0.1, 0.15) is 17.4 Å². The Balaban J connectivity index is 1.70. The SMILES string of the molecule is CCSc1ccc(NC(=O)c2cc(-c3ccccc3)n[nH]2)cn1. The number of benzene rings is 1. The highest BCUT2D eigenvalue weighted by Crippen LogP contribution is 2.19. The minimum atomic E-state index is -0.239. The van der Waals surface area contributed by atoms with Gasteiger partial charge in [-0.15, -0.1) is 11.8 Å². The molecule has 0 unspecified atom stereocenters. The zero-order valence-electron chi connectivity index (χ0n) is 12.6. The van der Waals surface area contributed by atoms with Crippen LogP contribution >= 0.6 is 11.8 Å². The van der Waals surface area contributed by atoms with Crippen molar-refractivity contribution in [2.75, 3.05) is 11.1 Å². The lowest BCUT2D eigenvalue weighted by Gasteiger charge is -2.03. The van der Waals surface area contributed by atoms with Crippen molar-refractivity contribution >= 4 is 23.4 Å². The van der Waals surface area contributed by atoms with Crippen molar-refractivity contribution in [3.8, 4) is 11.3 Å². The molecule has 2 N–H and O–H groups in total. The van der Waals surface area contributed by atoms with Crippen LogP contribution < -0.4 is 5.32 Å². The molecule has 3 aromatic rings. The summed E-state index contributed by atoms with van der Waals surface area (Å²) in [5.41, 5.74) is 2.77. The normalized spacial score (nSPS) is 10.5. The zero-order chi connectivity index (χ0) is 16.1. The monoisotopic (exact) mass is 324 g/mol. The summed E-state index contributed by atoms with van der Waals surface area (Å²) in [5, 5.41) is 10.7. The van der Waals surface area contributed by atoms with Gasteiger partial charge in [0.1, 0.15) is 5.69 Å². The summed E-state index contributed by atoms with van der Waals surface area (Å²) in [6.45, 7) is 2.07. The molecule has 1 amide bonds. The molecule has 5 nitrogen and oxygen atoms in total. The number of nitrogens with one attached hydrogen (secondary N) is 2. The van der Waals surface area contributed by atoms with Crippen LogP contribution in [-0.4, -0.2) is 26.8 Å². The molecule has 0 radical (unpaired) electrons. The Morgan fingerprint density at radius 2 is 2.04 bits per heavy atom. The van der Waals surface area contributed by atoms with E-state index in [1.165, 1.54) is 0 Å². The molecule has 0 spiro atoms. The Hall–Kier alpha value is -2.60. The first kappa shape index (κ1) is 15.3. The van der Waals surface area contributed by atoms with Crippen molar-refractivity contribution < 1.29 is 4.79 Å². The van der Waals surface area contributed by atoms with Gasteiger partial charge in [0.15, 0.2) is 0 Å². The second-order valence-electron chi connectivity index (χ2n) is 4.81. The number of thioether (sulfide) groups is 1. The van der Waals surface area contributed by atoms with Crippen LogP contribution in [0.3, 0.4) is 0 Å². The molecule has 3 rings (SSSR count). The topological polar surface area (TPSA) is 70.7 Å². The fourth-order valence-electron chi connectivity index (χ4n) is 2.08.